The van der Waals surface area contributed by atoms with Gasteiger partial charge in [0.15, 0.2) is 0 Å². The van der Waals surface area contributed by atoms with Crippen LogP contribution in [0.4, 0.5) is 4.39 Å². The van der Waals surface area contributed by atoms with E-state index in [1.807, 2.05) is 0 Å². The molecule has 1 saturated carbocycles. The zero-order valence-corrected chi connectivity index (χ0v) is 9.03. The highest BCUT2D eigenvalue weighted by Crippen LogP contribution is 2.33. The minimum absolute atomic E-state index is 0.00162. The number of amides is 1. The normalized spacial score (nSPS) is 22.9. The topological polar surface area (TPSA) is 49.3 Å². The fourth-order valence-electron chi connectivity index (χ4n) is 1.81. The van der Waals surface area contributed by atoms with Crippen molar-refractivity contribution in [2.24, 2.45) is 5.92 Å². The van der Waals surface area contributed by atoms with Crippen LogP contribution in [0.2, 0.25) is 0 Å². The average Bonchev–Trinajstić information content (AvgIpc) is 3.00. The van der Waals surface area contributed by atoms with Crippen LogP contribution < -0.4 is 5.32 Å². The zero-order chi connectivity index (χ0) is 11.7. The van der Waals surface area contributed by atoms with Crippen molar-refractivity contribution in [3.8, 4) is 5.75 Å². The molecule has 0 saturated heterocycles. The number of rotatable bonds is 3. The summed E-state index contributed by atoms with van der Waals surface area (Å²) in [4.78, 5) is 11.7. The summed E-state index contributed by atoms with van der Waals surface area (Å²) in [5.74, 6) is -0.587. The molecule has 0 aromatic heterocycles. The average molecular weight is 223 g/mol. The molecule has 1 aliphatic carbocycles. The van der Waals surface area contributed by atoms with Gasteiger partial charge >= 0.3 is 0 Å². The Kier molecular flexibility index (Phi) is 2.81. The minimum atomic E-state index is -0.522. The Morgan fingerprint density at radius 1 is 1.62 bits per heavy atom. The van der Waals surface area contributed by atoms with Crippen molar-refractivity contribution in [1.29, 1.82) is 0 Å². The summed E-state index contributed by atoms with van der Waals surface area (Å²) in [6.07, 6.45) is 2.00. The van der Waals surface area contributed by atoms with Gasteiger partial charge in [-0.15, -0.1) is 0 Å². The first kappa shape index (κ1) is 10.9. The smallest absolute Gasteiger partial charge is 0.255 e. The Labute approximate surface area is 93.3 Å². The summed E-state index contributed by atoms with van der Waals surface area (Å²) in [5.41, 5.74) is 0.00162. The number of carbonyl (C=O) groups excluding carboxylic acids is 1. The number of carbonyl (C=O) groups is 1. The third kappa shape index (κ3) is 2.15. The summed E-state index contributed by atoms with van der Waals surface area (Å²) in [5, 5.41) is 12.2. The van der Waals surface area contributed by atoms with E-state index >= 15 is 0 Å². The van der Waals surface area contributed by atoms with E-state index in [0.29, 0.717) is 5.92 Å². The van der Waals surface area contributed by atoms with Crippen molar-refractivity contribution in [1.82, 2.24) is 5.32 Å². The van der Waals surface area contributed by atoms with Gasteiger partial charge in [0.1, 0.15) is 11.6 Å². The van der Waals surface area contributed by atoms with Gasteiger partial charge in [0.05, 0.1) is 5.56 Å². The highest BCUT2D eigenvalue weighted by molar-refractivity contribution is 5.97. The molecule has 2 N–H and O–H groups in total. The third-order valence-corrected chi connectivity index (χ3v) is 2.97. The number of phenols is 1. The fourth-order valence-corrected chi connectivity index (χ4v) is 1.81. The fraction of sp³-hybridized carbons (Fsp3) is 0.417. The van der Waals surface area contributed by atoms with Crippen molar-refractivity contribution < 1.29 is 14.3 Å². The van der Waals surface area contributed by atoms with Gasteiger partial charge in [0.2, 0.25) is 0 Å². The van der Waals surface area contributed by atoms with Crippen LogP contribution in [0.15, 0.2) is 18.2 Å². The highest BCUT2D eigenvalue weighted by atomic mass is 19.1. The van der Waals surface area contributed by atoms with Crippen LogP contribution in [-0.4, -0.2) is 17.1 Å². The number of aromatic hydroxyl groups is 1. The second-order valence-electron chi connectivity index (χ2n) is 4.15. The quantitative estimate of drug-likeness (QED) is 0.824. The summed E-state index contributed by atoms with van der Waals surface area (Å²) in [7, 11) is 0. The first-order chi connectivity index (χ1) is 7.61. The zero-order valence-electron chi connectivity index (χ0n) is 9.03. The lowest BCUT2D eigenvalue weighted by Crippen LogP contribution is -2.26. The summed E-state index contributed by atoms with van der Waals surface area (Å²) >= 11 is 0. The SMILES string of the molecule is CCC1CC1NC(=O)c1cc(F)ccc1O. The van der Waals surface area contributed by atoms with E-state index < -0.39 is 11.7 Å². The van der Waals surface area contributed by atoms with Gasteiger partial charge in [-0.1, -0.05) is 13.3 Å². The van der Waals surface area contributed by atoms with Gasteiger partial charge in [0, 0.05) is 6.04 Å². The second kappa shape index (κ2) is 4.12. The van der Waals surface area contributed by atoms with Crippen LogP contribution in [0, 0.1) is 11.7 Å². The van der Waals surface area contributed by atoms with Crippen molar-refractivity contribution >= 4 is 5.91 Å². The van der Waals surface area contributed by atoms with Crippen LogP contribution in [-0.2, 0) is 0 Å². The molecule has 1 aliphatic rings. The largest absolute Gasteiger partial charge is 0.507 e. The van der Waals surface area contributed by atoms with Gasteiger partial charge in [0.25, 0.3) is 5.91 Å². The number of benzene rings is 1. The standard InChI is InChI=1S/C12H14FNO2/c1-2-7-5-10(7)14-12(16)9-6-8(13)3-4-11(9)15/h3-4,6-7,10,15H,2,5H2,1H3,(H,14,16). The molecule has 2 unspecified atom stereocenters. The van der Waals surface area contributed by atoms with E-state index in [1.165, 1.54) is 6.07 Å². The highest BCUT2D eigenvalue weighted by Gasteiger charge is 2.36. The number of hydrogen-bond acceptors (Lipinski definition) is 2. The summed E-state index contributed by atoms with van der Waals surface area (Å²) < 4.78 is 12.9. The monoisotopic (exact) mass is 223 g/mol. The second-order valence-corrected chi connectivity index (χ2v) is 4.15. The van der Waals surface area contributed by atoms with Gasteiger partial charge in [-0.05, 0) is 30.5 Å². The van der Waals surface area contributed by atoms with E-state index in [9.17, 15) is 14.3 Å². The number of halogens is 1. The van der Waals surface area contributed by atoms with Gasteiger partial charge in [-0.2, -0.15) is 0 Å². The molecule has 1 aromatic rings. The van der Waals surface area contributed by atoms with E-state index in [0.717, 1.165) is 25.0 Å². The van der Waals surface area contributed by atoms with E-state index in [2.05, 4.69) is 12.2 Å². The molecular weight excluding hydrogens is 209 g/mol. The van der Waals surface area contributed by atoms with E-state index in [-0.39, 0.29) is 17.4 Å². The lowest BCUT2D eigenvalue weighted by molar-refractivity contribution is 0.0946. The van der Waals surface area contributed by atoms with Crippen molar-refractivity contribution in [2.75, 3.05) is 0 Å². The molecule has 16 heavy (non-hydrogen) atoms. The molecule has 1 amide bonds. The van der Waals surface area contributed by atoms with Crippen molar-refractivity contribution in [3.05, 3.63) is 29.6 Å². The van der Waals surface area contributed by atoms with Crippen LogP contribution in [0.3, 0.4) is 0 Å². The molecule has 4 heteroatoms. The predicted molar refractivity (Wildman–Crippen MR) is 57.7 cm³/mol. The molecule has 0 radical (unpaired) electrons. The van der Waals surface area contributed by atoms with Crippen LogP contribution in [0.5, 0.6) is 5.75 Å². The van der Waals surface area contributed by atoms with E-state index in [1.54, 1.807) is 0 Å². The van der Waals surface area contributed by atoms with Crippen molar-refractivity contribution in [3.63, 3.8) is 0 Å². The molecule has 3 nitrogen and oxygen atoms in total. The molecular formula is C12H14FNO2. The van der Waals surface area contributed by atoms with Crippen LogP contribution in [0.1, 0.15) is 30.1 Å². The molecule has 2 rings (SSSR count). The number of phenolic OH excluding ortho intramolecular Hbond substituents is 1. The first-order valence-electron chi connectivity index (χ1n) is 5.41. The van der Waals surface area contributed by atoms with Crippen molar-refractivity contribution in [2.45, 2.75) is 25.8 Å². The van der Waals surface area contributed by atoms with Gasteiger partial charge in [-0.3, -0.25) is 4.79 Å². The summed E-state index contributed by atoms with van der Waals surface area (Å²) in [6, 6.07) is 3.54. The number of hydrogen-bond donors (Lipinski definition) is 2. The van der Waals surface area contributed by atoms with E-state index in [4.69, 9.17) is 0 Å². The molecule has 0 heterocycles. The lowest BCUT2D eigenvalue weighted by atomic mass is 10.2. The van der Waals surface area contributed by atoms with Crippen LogP contribution >= 0.6 is 0 Å². The molecule has 86 valence electrons. The first-order valence-corrected chi connectivity index (χ1v) is 5.41. The van der Waals surface area contributed by atoms with Gasteiger partial charge in [-0.25, -0.2) is 4.39 Å². The maximum Gasteiger partial charge on any atom is 0.255 e. The molecule has 1 fully saturated rings. The lowest BCUT2D eigenvalue weighted by Gasteiger charge is -2.06. The third-order valence-electron chi connectivity index (χ3n) is 2.97. The Bertz CT molecular complexity index is 419. The van der Waals surface area contributed by atoms with Crippen LogP contribution in [0.25, 0.3) is 0 Å². The molecule has 0 spiro atoms. The maximum absolute atomic E-state index is 12.9. The Hall–Kier alpha value is -1.58. The molecule has 1 aromatic carbocycles. The Balaban J connectivity index is 2.06. The Morgan fingerprint density at radius 3 is 3.00 bits per heavy atom. The van der Waals surface area contributed by atoms with Gasteiger partial charge < -0.3 is 10.4 Å². The Morgan fingerprint density at radius 2 is 2.38 bits per heavy atom. The molecule has 0 bridgehead atoms. The maximum atomic E-state index is 12.9. The minimum Gasteiger partial charge on any atom is -0.507 e. The summed E-state index contributed by atoms with van der Waals surface area (Å²) in [6.45, 7) is 2.07. The molecule has 0 aliphatic heterocycles. The predicted octanol–water partition coefficient (Wildman–Crippen LogP) is 2.06. The number of nitrogens with one attached hydrogen (secondary N) is 1. The molecule has 2 atom stereocenters.